The van der Waals surface area contributed by atoms with Gasteiger partial charge in [0.25, 0.3) is 0 Å². The Morgan fingerprint density at radius 2 is 1.58 bits per heavy atom. The number of nitrogens with zero attached hydrogens (tertiary/aromatic N) is 1. The van der Waals surface area contributed by atoms with Crippen LogP contribution in [0.1, 0.15) is 5.56 Å². The van der Waals surface area contributed by atoms with Crippen LogP contribution in [0.5, 0.6) is 0 Å². The smallest absolute Gasteiger partial charge is 0.134 e. The van der Waals surface area contributed by atoms with Gasteiger partial charge in [-0.25, -0.2) is 0 Å². The Hall–Kier alpha value is -0.763. The van der Waals surface area contributed by atoms with Gasteiger partial charge < -0.3 is 4.57 Å². The maximum absolute atomic E-state index is 2.40. The molecule has 12 heavy (non-hydrogen) atoms. The molecule has 0 aliphatic carbocycles. The molecular formula is C10H17NSi. The molecule has 1 nitrogen and oxygen atoms in total. The van der Waals surface area contributed by atoms with Gasteiger partial charge in [-0.05, 0) is 26.1 Å². The van der Waals surface area contributed by atoms with Crippen LogP contribution in [-0.4, -0.2) is 16.0 Å². The Morgan fingerprint density at radius 1 is 1.08 bits per heavy atom. The summed E-state index contributed by atoms with van der Waals surface area (Å²) in [4.78, 5) is 0. The maximum atomic E-state index is 2.40. The molecule has 0 amide bonds. The van der Waals surface area contributed by atoms with Gasteiger partial charge in [-0.2, -0.15) is 0 Å². The van der Waals surface area contributed by atoms with Gasteiger partial charge >= 0.3 is 0 Å². The summed E-state index contributed by atoms with van der Waals surface area (Å²) in [6.45, 7) is 6.79. The van der Waals surface area contributed by atoms with Crippen LogP contribution in [0.15, 0.2) is 24.3 Å². The molecule has 2 heteroatoms. The molecule has 0 saturated carbocycles. The molecule has 1 rings (SSSR count). The van der Waals surface area contributed by atoms with Gasteiger partial charge in [-0.15, -0.1) is 0 Å². The third-order valence-corrected chi connectivity index (χ3v) is 4.06. The van der Waals surface area contributed by atoms with Crippen molar-refractivity contribution in [3.63, 3.8) is 0 Å². The van der Waals surface area contributed by atoms with E-state index >= 15 is 0 Å². The molecule has 0 N–H and O–H groups in total. The van der Waals surface area contributed by atoms with Gasteiger partial charge in [0.05, 0.1) is 0 Å². The van der Waals surface area contributed by atoms with E-state index < -0.39 is 8.96 Å². The Bertz CT molecular complexity index is 241. The fraction of sp³-hybridized carbons (Fsp3) is 0.400. The second kappa shape index (κ2) is 3.76. The average Bonchev–Trinajstić information content (AvgIpc) is 2.04. The lowest BCUT2D eigenvalue weighted by molar-refractivity contribution is 1.28. The van der Waals surface area contributed by atoms with Crippen LogP contribution in [0, 0.1) is 6.92 Å². The monoisotopic (exact) mass is 179 g/mol. The van der Waals surface area contributed by atoms with Crippen LogP contribution < -0.4 is 4.57 Å². The first kappa shape index (κ1) is 9.33. The molecule has 1 aromatic rings. The zero-order chi connectivity index (χ0) is 9.14. The number of hydrogen-bond donors (Lipinski definition) is 0. The van der Waals surface area contributed by atoms with Crippen LogP contribution in [0.4, 0.5) is 5.69 Å². The van der Waals surface area contributed by atoms with Gasteiger partial charge in [0.1, 0.15) is 8.96 Å². The Kier molecular flexibility index (Phi) is 2.92. The van der Waals surface area contributed by atoms with Gasteiger partial charge in [0.2, 0.25) is 0 Å². The highest BCUT2D eigenvalue weighted by Crippen LogP contribution is 2.14. The summed E-state index contributed by atoms with van der Waals surface area (Å²) in [5, 5.41) is 0. The first-order chi connectivity index (χ1) is 5.61. The SMILES string of the molecule is Cc1ccc(N(C)[SiH](C)C)cc1. The quantitative estimate of drug-likeness (QED) is 0.630. The maximum Gasteiger partial charge on any atom is 0.134 e. The van der Waals surface area contributed by atoms with Crippen molar-refractivity contribution in [2.45, 2.75) is 20.0 Å². The topological polar surface area (TPSA) is 3.24 Å². The number of hydrogen-bond acceptors (Lipinski definition) is 1. The molecule has 0 spiro atoms. The summed E-state index contributed by atoms with van der Waals surface area (Å²) >= 11 is 0. The van der Waals surface area contributed by atoms with Crippen LogP contribution in [-0.2, 0) is 0 Å². The second-order valence-corrected chi connectivity index (χ2v) is 6.50. The van der Waals surface area contributed by atoms with Crippen molar-refractivity contribution in [2.75, 3.05) is 11.6 Å². The van der Waals surface area contributed by atoms with Gasteiger partial charge in [-0.3, -0.25) is 0 Å². The van der Waals surface area contributed by atoms with Crippen molar-refractivity contribution in [3.8, 4) is 0 Å². The molecule has 0 aliphatic rings. The summed E-state index contributed by atoms with van der Waals surface area (Å²) in [5.41, 5.74) is 2.68. The van der Waals surface area contributed by atoms with E-state index in [1.807, 2.05) is 0 Å². The lowest BCUT2D eigenvalue weighted by atomic mass is 10.2. The minimum Gasteiger partial charge on any atom is -0.403 e. The molecule has 0 aliphatic heterocycles. The lowest BCUT2D eigenvalue weighted by Gasteiger charge is -2.23. The summed E-state index contributed by atoms with van der Waals surface area (Å²) < 4.78 is 2.40. The largest absolute Gasteiger partial charge is 0.403 e. The van der Waals surface area contributed by atoms with Gasteiger partial charge in [0, 0.05) is 5.69 Å². The molecule has 0 atom stereocenters. The van der Waals surface area contributed by atoms with Gasteiger partial charge in [-0.1, -0.05) is 30.8 Å². The first-order valence-corrected chi connectivity index (χ1v) is 7.23. The first-order valence-electron chi connectivity index (χ1n) is 4.41. The molecule has 0 bridgehead atoms. The molecule has 0 heterocycles. The third kappa shape index (κ3) is 2.11. The highest BCUT2D eigenvalue weighted by Gasteiger charge is 2.04. The van der Waals surface area contributed by atoms with Gasteiger partial charge in [0.15, 0.2) is 0 Å². The summed E-state index contributed by atoms with van der Waals surface area (Å²) in [7, 11) is 1.51. The number of anilines is 1. The van der Waals surface area contributed by atoms with Crippen molar-refractivity contribution >= 4 is 14.6 Å². The number of benzene rings is 1. The molecule has 0 unspecified atom stereocenters. The van der Waals surface area contributed by atoms with Crippen molar-refractivity contribution in [1.29, 1.82) is 0 Å². The molecule has 0 radical (unpaired) electrons. The van der Waals surface area contributed by atoms with E-state index in [1.54, 1.807) is 0 Å². The highest BCUT2D eigenvalue weighted by molar-refractivity contribution is 6.60. The fourth-order valence-corrected chi connectivity index (χ4v) is 1.85. The number of aryl methyl sites for hydroxylation is 1. The molecule has 66 valence electrons. The van der Waals surface area contributed by atoms with E-state index in [0.717, 1.165) is 0 Å². The van der Waals surface area contributed by atoms with E-state index in [2.05, 4.69) is 55.9 Å². The third-order valence-electron chi connectivity index (χ3n) is 2.22. The van der Waals surface area contributed by atoms with E-state index in [4.69, 9.17) is 0 Å². The molecule has 1 aromatic carbocycles. The van der Waals surface area contributed by atoms with Crippen molar-refractivity contribution in [1.82, 2.24) is 0 Å². The Morgan fingerprint density at radius 3 is 2.00 bits per heavy atom. The lowest BCUT2D eigenvalue weighted by Crippen LogP contribution is -2.29. The summed E-state index contributed by atoms with van der Waals surface area (Å²) in [5.74, 6) is 0. The fourth-order valence-electron chi connectivity index (χ4n) is 1.08. The van der Waals surface area contributed by atoms with Crippen molar-refractivity contribution < 1.29 is 0 Å². The molecule has 0 fully saturated rings. The minimum absolute atomic E-state index is 0.674. The van der Waals surface area contributed by atoms with E-state index in [-0.39, 0.29) is 0 Å². The van der Waals surface area contributed by atoms with Crippen LogP contribution in [0.3, 0.4) is 0 Å². The molecule has 0 aromatic heterocycles. The predicted octanol–water partition coefficient (Wildman–Crippen LogP) is 2.41. The Labute approximate surface area is 76.7 Å². The highest BCUT2D eigenvalue weighted by atomic mass is 28.3. The van der Waals surface area contributed by atoms with Crippen LogP contribution in [0.25, 0.3) is 0 Å². The molecular weight excluding hydrogens is 162 g/mol. The minimum atomic E-state index is -0.674. The zero-order valence-electron chi connectivity index (χ0n) is 8.33. The van der Waals surface area contributed by atoms with E-state index in [9.17, 15) is 0 Å². The second-order valence-electron chi connectivity index (χ2n) is 3.54. The van der Waals surface area contributed by atoms with E-state index in [1.165, 1.54) is 11.3 Å². The number of rotatable bonds is 2. The van der Waals surface area contributed by atoms with Crippen molar-refractivity contribution in [3.05, 3.63) is 29.8 Å². The Balaban J connectivity index is 2.82. The summed E-state index contributed by atoms with van der Waals surface area (Å²) in [6, 6.07) is 8.73. The standard InChI is InChI=1S/C10H17NSi/c1-9-5-7-10(8-6-9)11(2)12(3)4/h5-8,12H,1-4H3. The van der Waals surface area contributed by atoms with Crippen LogP contribution in [0.2, 0.25) is 13.1 Å². The average molecular weight is 179 g/mol. The summed E-state index contributed by atoms with van der Waals surface area (Å²) in [6.07, 6.45) is 0. The van der Waals surface area contributed by atoms with E-state index in [0.29, 0.717) is 0 Å². The molecule has 0 saturated heterocycles. The van der Waals surface area contributed by atoms with Crippen molar-refractivity contribution in [2.24, 2.45) is 0 Å². The zero-order valence-corrected chi connectivity index (χ0v) is 9.49. The normalized spacial score (nSPS) is 10.4. The predicted molar refractivity (Wildman–Crippen MR) is 58.5 cm³/mol. The van der Waals surface area contributed by atoms with Crippen LogP contribution >= 0.6 is 0 Å².